The van der Waals surface area contributed by atoms with Crippen LogP contribution in [0.25, 0.3) is 11.5 Å². The molecule has 2 rings (SSSR count). The maximum atomic E-state index is 12.1. The number of oxazole rings is 1. The van der Waals surface area contributed by atoms with Gasteiger partial charge in [0.25, 0.3) is 5.91 Å². The maximum absolute atomic E-state index is 12.1. The lowest BCUT2D eigenvalue weighted by atomic mass is 10.2. The minimum atomic E-state index is -0.304. The van der Waals surface area contributed by atoms with Crippen molar-refractivity contribution in [2.75, 3.05) is 20.3 Å². The Hall–Kier alpha value is -2.34. The van der Waals surface area contributed by atoms with Crippen molar-refractivity contribution in [3.8, 4) is 17.2 Å². The number of rotatable bonds is 6. The van der Waals surface area contributed by atoms with Gasteiger partial charge in [-0.05, 0) is 37.1 Å². The summed E-state index contributed by atoms with van der Waals surface area (Å²) in [6, 6.07) is 7.24. The number of nitrogens with one attached hydrogen (secondary N) is 1. The molecule has 0 fully saturated rings. The number of aromatic nitrogens is 1. The first-order valence-electron chi connectivity index (χ1n) is 7.06. The van der Waals surface area contributed by atoms with Crippen molar-refractivity contribution < 1.29 is 19.1 Å². The minimum Gasteiger partial charge on any atom is -0.497 e. The quantitative estimate of drug-likeness (QED) is 0.853. The number of nitrogens with zero attached hydrogens (tertiary/aromatic N) is 1. The summed E-state index contributed by atoms with van der Waals surface area (Å²) in [5, 5.41) is 11.7. The molecule has 1 amide bonds. The minimum absolute atomic E-state index is 0.00258. The maximum Gasteiger partial charge on any atom is 0.273 e. The average Bonchev–Trinajstić information content (AvgIpc) is 2.94. The van der Waals surface area contributed by atoms with Gasteiger partial charge >= 0.3 is 0 Å². The predicted octanol–water partition coefficient (Wildman–Crippen LogP) is 2.02. The molecule has 22 heavy (non-hydrogen) atoms. The Kier molecular flexibility index (Phi) is 5.16. The molecule has 0 aliphatic carbocycles. The van der Waals surface area contributed by atoms with Gasteiger partial charge in [-0.15, -0.1) is 0 Å². The molecule has 2 N–H and O–H groups in total. The van der Waals surface area contributed by atoms with Crippen molar-refractivity contribution >= 4 is 5.91 Å². The summed E-state index contributed by atoms with van der Waals surface area (Å²) < 4.78 is 10.7. The molecule has 1 heterocycles. The fraction of sp³-hybridized carbons (Fsp3) is 0.375. The van der Waals surface area contributed by atoms with Gasteiger partial charge in [-0.3, -0.25) is 4.79 Å². The second-order valence-corrected chi connectivity index (χ2v) is 5.15. The van der Waals surface area contributed by atoms with Gasteiger partial charge < -0.3 is 19.6 Å². The number of amides is 1. The van der Waals surface area contributed by atoms with Gasteiger partial charge in [0, 0.05) is 18.7 Å². The highest BCUT2D eigenvalue weighted by Gasteiger charge is 2.18. The van der Waals surface area contributed by atoms with E-state index in [9.17, 15) is 4.79 Å². The number of hydrogen-bond donors (Lipinski definition) is 2. The molecule has 0 radical (unpaired) electrons. The summed E-state index contributed by atoms with van der Waals surface area (Å²) in [4.78, 5) is 16.4. The Morgan fingerprint density at radius 3 is 2.68 bits per heavy atom. The SMILES string of the molecule is COc1ccc(-c2nc(C(=O)NCC(C)CO)c(C)o2)cc1. The highest BCUT2D eigenvalue weighted by molar-refractivity contribution is 5.93. The van der Waals surface area contributed by atoms with Crippen molar-refractivity contribution in [1.29, 1.82) is 0 Å². The van der Waals surface area contributed by atoms with Crippen LogP contribution in [0.4, 0.5) is 0 Å². The molecule has 0 aliphatic heterocycles. The van der Waals surface area contributed by atoms with Crippen molar-refractivity contribution in [2.45, 2.75) is 13.8 Å². The lowest BCUT2D eigenvalue weighted by molar-refractivity contribution is 0.0936. The molecule has 1 aromatic carbocycles. The Labute approximate surface area is 129 Å². The molecule has 1 aromatic heterocycles. The zero-order valence-corrected chi connectivity index (χ0v) is 12.9. The fourth-order valence-electron chi connectivity index (χ4n) is 1.88. The van der Waals surface area contributed by atoms with Gasteiger partial charge in [0.15, 0.2) is 5.69 Å². The average molecular weight is 304 g/mol. The van der Waals surface area contributed by atoms with Gasteiger partial charge in [-0.1, -0.05) is 6.92 Å². The second-order valence-electron chi connectivity index (χ2n) is 5.15. The standard InChI is InChI=1S/C16H20N2O4/c1-10(9-19)8-17-15(20)14-11(2)22-16(18-14)12-4-6-13(21-3)7-5-12/h4-7,10,19H,8-9H2,1-3H3,(H,17,20). The van der Waals surface area contributed by atoms with Crippen LogP contribution in [0.1, 0.15) is 23.2 Å². The van der Waals surface area contributed by atoms with Crippen molar-refractivity contribution in [2.24, 2.45) is 5.92 Å². The molecule has 1 unspecified atom stereocenters. The molecule has 6 nitrogen and oxygen atoms in total. The van der Waals surface area contributed by atoms with Gasteiger partial charge in [0.2, 0.25) is 5.89 Å². The monoisotopic (exact) mass is 304 g/mol. The normalized spacial score (nSPS) is 12.0. The first kappa shape index (κ1) is 16.0. The summed E-state index contributed by atoms with van der Waals surface area (Å²) in [6.45, 7) is 3.96. The predicted molar refractivity (Wildman–Crippen MR) is 81.8 cm³/mol. The lowest BCUT2D eigenvalue weighted by Crippen LogP contribution is -2.30. The number of aliphatic hydroxyl groups is 1. The van der Waals surface area contributed by atoms with Crippen LogP contribution in [0.2, 0.25) is 0 Å². The number of carbonyl (C=O) groups is 1. The molecule has 0 saturated heterocycles. The lowest BCUT2D eigenvalue weighted by Gasteiger charge is -2.08. The number of hydrogen-bond acceptors (Lipinski definition) is 5. The van der Waals surface area contributed by atoms with Crippen molar-refractivity contribution in [3.05, 3.63) is 35.7 Å². The number of aryl methyl sites for hydroxylation is 1. The number of aliphatic hydroxyl groups excluding tert-OH is 1. The summed E-state index contributed by atoms with van der Waals surface area (Å²) in [5.74, 6) is 1.28. The molecule has 6 heteroatoms. The molecule has 118 valence electrons. The molecule has 1 atom stereocenters. The van der Waals surface area contributed by atoms with Crippen LogP contribution in [0.3, 0.4) is 0 Å². The zero-order valence-electron chi connectivity index (χ0n) is 12.9. The van der Waals surface area contributed by atoms with E-state index in [0.29, 0.717) is 18.2 Å². The summed E-state index contributed by atoms with van der Waals surface area (Å²) in [5.41, 5.74) is 1.03. The third-order valence-corrected chi connectivity index (χ3v) is 3.27. The van der Waals surface area contributed by atoms with Crippen LogP contribution in [0.15, 0.2) is 28.7 Å². The van der Waals surface area contributed by atoms with Crippen LogP contribution in [0, 0.1) is 12.8 Å². The summed E-state index contributed by atoms with van der Waals surface area (Å²) in [7, 11) is 1.60. The van der Waals surface area contributed by atoms with E-state index >= 15 is 0 Å². The van der Waals surface area contributed by atoms with Gasteiger partial charge in [-0.25, -0.2) is 4.98 Å². The number of benzene rings is 1. The molecular weight excluding hydrogens is 284 g/mol. The number of carbonyl (C=O) groups excluding carboxylic acids is 1. The van der Waals surface area contributed by atoms with E-state index in [1.807, 2.05) is 19.1 Å². The summed E-state index contributed by atoms with van der Waals surface area (Å²) in [6.07, 6.45) is 0. The third-order valence-electron chi connectivity index (χ3n) is 3.27. The van der Waals surface area contributed by atoms with Gasteiger partial charge in [0.1, 0.15) is 11.5 Å². The van der Waals surface area contributed by atoms with Crippen LogP contribution < -0.4 is 10.1 Å². The highest BCUT2D eigenvalue weighted by atomic mass is 16.5. The first-order valence-corrected chi connectivity index (χ1v) is 7.06. The Balaban J connectivity index is 2.14. The molecule has 0 spiro atoms. The van der Waals surface area contributed by atoms with E-state index in [-0.39, 0.29) is 24.1 Å². The molecule has 0 saturated carbocycles. The van der Waals surface area contributed by atoms with Crippen LogP contribution in [-0.2, 0) is 0 Å². The molecule has 2 aromatic rings. The van der Waals surface area contributed by atoms with E-state index in [1.54, 1.807) is 26.2 Å². The number of ether oxygens (including phenoxy) is 1. The smallest absolute Gasteiger partial charge is 0.273 e. The second kappa shape index (κ2) is 7.09. The Bertz CT molecular complexity index is 634. The van der Waals surface area contributed by atoms with Gasteiger partial charge in [-0.2, -0.15) is 0 Å². The van der Waals surface area contributed by atoms with Crippen molar-refractivity contribution in [1.82, 2.24) is 10.3 Å². The summed E-state index contributed by atoms with van der Waals surface area (Å²) >= 11 is 0. The molecule has 0 bridgehead atoms. The fourth-order valence-corrected chi connectivity index (χ4v) is 1.88. The van der Waals surface area contributed by atoms with E-state index in [4.69, 9.17) is 14.3 Å². The van der Waals surface area contributed by atoms with E-state index < -0.39 is 0 Å². The van der Waals surface area contributed by atoms with E-state index in [2.05, 4.69) is 10.3 Å². The van der Waals surface area contributed by atoms with Crippen molar-refractivity contribution in [3.63, 3.8) is 0 Å². The van der Waals surface area contributed by atoms with E-state index in [1.165, 1.54) is 0 Å². The topological polar surface area (TPSA) is 84.6 Å². The highest BCUT2D eigenvalue weighted by Crippen LogP contribution is 2.23. The van der Waals surface area contributed by atoms with Gasteiger partial charge in [0.05, 0.1) is 7.11 Å². The number of methoxy groups -OCH3 is 1. The zero-order chi connectivity index (χ0) is 16.1. The molecular formula is C16H20N2O4. The van der Waals surface area contributed by atoms with E-state index in [0.717, 1.165) is 11.3 Å². The third kappa shape index (κ3) is 3.65. The van der Waals surface area contributed by atoms with Crippen LogP contribution in [-0.4, -0.2) is 36.3 Å². The van der Waals surface area contributed by atoms with Crippen LogP contribution >= 0.6 is 0 Å². The van der Waals surface area contributed by atoms with Crippen LogP contribution in [0.5, 0.6) is 5.75 Å². The Morgan fingerprint density at radius 2 is 2.09 bits per heavy atom. The molecule has 0 aliphatic rings. The first-order chi connectivity index (χ1) is 10.5. The largest absolute Gasteiger partial charge is 0.497 e. The Morgan fingerprint density at radius 1 is 1.41 bits per heavy atom.